The van der Waals surface area contributed by atoms with Crippen molar-refractivity contribution in [2.75, 3.05) is 13.1 Å². The molecule has 4 nitrogen and oxygen atoms in total. The first-order chi connectivity index (χ1) is 8.43. The van der Waals surface area contributed by atoms with Crippen LogP contribution < -0.4 is 5.73 Å². The summed E-state index contributed by atoms with van der Waals surface area (Å²) in [4.78, 5) is -0.628. The van der Waals surface area contributed by atoms with Crippen LogP contribution in [0.5, 0.6) is 0 Å². The first kappa shape index (κ1) is 16.3. The van der Waals surface area contributed by atoms with Gasteiger partial charge in [-0.15, -0.1) is 12.4 Å². The molecule has 1 aliphatic rings. The molecule has 0 amide bonds. The van der Waals surface area contributed by atoms with Crippen molar-refractivity contribution in [3.05, 3.63) is 29.8 Å². The molecular formula is C11H15ClF2N2O2S. The minimum atomic E-state index is -4.01. The van der Waals surface area contributed by atoms with Crippen LogP contribution in [0.2, 0.25) is 0 Å². The Balaban J connectivity index is 0.00000180. The van der Waals surface area contributed by atoms with Crippen LogP contribution in [0.15, 0.2) is 23.1 Å². The van der Waals surface area contributed by atoms with E-state index in [1.54, 1.807) is 0 Å². The van der Waals surface area contributed by atoms with Crippen LogP contribution in [0.3, 0.4) is 0 Å². The summed E-state index contributed by atoms with van der Waals surface area (Å²) < 4.78 is 52.1. The fraction of sp³-hybridized carbons (Fsp3) is 0.455. The van der Waals surface area contributed by atoms with E-state index < -0.39 is 26.6 Å². The first-order valence-electron chi connectivity index (χ1n) is 5.62. The molecule has 1 atom stereocenters. The second-order valence-electron chi connectivity index (χ2n) is 4.32. The maximum atomic E-state index is 13.5. The Morgan fingerprint density at radius 2 is 2.00 bits per heavy atom. The van der Waals surface area contributed by atoms with Gasteiger partial charge in [-0.2, -0.15) is 4.31 Å². The number of benzene rings is 1. The molecule has 0 spiro atoms. The van der Waals surface area contributed by atoms with Gasteiger partial charge in [0.15, 0.2) is 11.6 Å². The molecule has 1 aromatic rings. The zero-order chi connectivity index (χ0) is 13.3. The van der Waals surface area contributed by atoms with E-state index in [2.05, 4.69) is 0 Å². The molecule has 8 heteroatoms. The summed E-state index contributed by atoms with van der Waals surface area (Å²) in [5.41, 5.74) is 5.69. The molecule has 2 N–H and O–H groups in total. The van der Waals surface area contributed by atoms with Gasteiger partial charge < -0.3 is 5.73 Å². The number of hydrogen-bond acceptors (Lipinski definition) is 3. The van der Waals surface area contributed by atoms with E-state index >= 15 is 0 Å². The number of rotatable bonds is 2. The minimum absolute atomic E-state index is 0. The molecule has 0 bridgehead atoms. The molecule has 2 rings (SSSR count). The van der Waals surface area contributed by atoms with Gasteiger partial charge in [0.05, 0.1) is 0 Å². The van der Waals surface area contributed by atoms with Gasteiger partial charge in [-0.3, -0.25) is 0 Å². The van der Waals surface area contributed by atoms with E-state index in [4.69, 9.17) is 5.73 Å². The van der Waals surface area contributed by atoms with Gasteiger partial charge in [0.25, 0.3) is 0 Å². The summed E-state index contributed by atoms with van der Waals surface area (Å²) in [6.07, 6.45) is 1.36. The average Bonchev–Trinajstić information content (AvgIpc) is 2.32. The highest BCUT2D eigenvalue weighted by Crippen LogP contribution is 2.23. The molecule has 1 fully saturated rings. The molecule has 0 aromatic heterocycles. The third-order valence-electron chi connectivity index (χ3n) is 2.95. The second kappa shape index (κ2) is 6.13. The van der Waals surface area contributed by atoms with E-state index in [1.165, 1.54) is 6.07 Å². The fourth-order valence-corrected chi connectivity index (χ4v) is 3.62. The first-order valence-corrected chi connectivity index (χ1v) is 7.06. The van der Waals surface area contributed by atoms with Gasteiger partial charge in [-0.1, -0.05) is 6.07 Å². The molecule has 0 radical (unpaired) electrons. The Bertz CT molecular complexity index is 554. The van der Waals surface area contributed by atoms with Crippen LogP contribution >= 0.6 is 12.4 Å². The summed E-state index contributed by atoms with van der Waals surface area (Å²) in [6.45, 7) is 0.421. The summed E-state index contributed by atoms with van der Waals surface area (Å²) in [5, 5.41) is 0. The predicted octanol–water partition coefficient (Wildman–Crippen LogP) is 1.50. The predicted molar refractivity (Wildman–Crippen MR) is 69.6 cm³/mol. The van der Waals surface area contributed by atoms with Gasteiger partial charge in [-0.05, 0) is 25.0 Å². The monoisotopic (exact) mass is 312 g/mol. The van der Waals surface area contributed by atoms with Crippen molar-refractivity contribution in [2.24, 2.45) is 5.73 Å². The van der Waals surface area contributed by atoms with Crippen LogP contribution in [0.4, 0.5) is 8.78 Å². The quantitative estimate of drug-likeness (QED) is 0.900. The largest absolute Gasteiger partial charge is 0.327 e. The van der Waals surface area contributed by atoms with Gasteiger partial charge >= 0.3 is 0 Å². The Morgan fingerprint density at radius 3 is 2.63 bits per heavy atom. The SMILES string of the molecule is Cl.NC1CCCN(S(=O)(=O)c2cccc(F)c2F)C1. The fourth-order valence-electron chi connectivity index (χ4n) is 2.01. The molecule has 0 saturated carbocycles. The van der Waals surface area contributed by atoms with Crippen molar-refractivity contribution in [3.63, 3.8) is 0 Å². The molecule has 0 aliphatic carbocycles. The van der Waals surface area contributed by atoms with Crippen LogP contribution in [0, 0.1) is 11.6 Å². The smallest absolute Gasteiger partial charge is 0.246 e. The Kier molecular flexibility index (Phi) is 5.26. The minimum Gasteiger partial charge on any atom is -0.327 e. The van der Waals surface area contributed by atoms with Gasteiger partial charge in [0.1, 0.15) is 4.90 Å². The molecule has 1 aromatic carbocycles. The third-order valence-corrected chi connectivity index (χ3v) is 4.84. The van der Waals surface area contributed by atoms with E-state index in [0.717, 1.165) is 22.9 Å². The molecule has 1 unspecified atom stereocenters. The Hall–Kier alpha value is -0.760. The van der Waals surface area contributed by atoms with Crippen molar-refractivity contribution in [2.45, 2.75) is 23.8 Å². The lowest BCUT2D eigenvalue weighted by Gasteiger charge is -2.29. The van der Waals surface area contributed by atoms with Crippen molar-refractivity contribution in [1.82, 2.24) is 4.31 Å². The summed E-state index contributed by atoms with van der Waals surface area (Å²) in [7, 11) is -4.01. The molecular weight excluding hydrogens is 298 g/mol. The number of piperidine rings is 1. The van der Waals surface area contributed by atoms with Gasteiger partial charge in [0, 0.05) is 19.1 Å². The molecule has 19 heavy (non-hydrogen) atoms. The highest BCUT2D eigenvalue weighted by molar-refractivity contribution is 7.89. The van der Waals surface area contributed by atoms with Gasteiger partial charge in [-0.25, -0.2) is 17.2 Å². The summed E-state index contributed by atoms with van der Waals surface area (Å²) in [6, 6.07) is 2.87. The second-order valence-corrected chi connectivity index (χ2v) is 6.22. The highest BCUT2D eigenvalue weighted by Gasteiger charge is 2.31. The molecule has 1 heterocycles. The van der Waals surface area contributed by atoms with Crippen LogP contribution in [-0.4, -0.2) is 31.9 Å². The lowest BCUT2D eigenvalue weighted by molar-refractivity contribution is 0.314. The standard InChI is InChI=1S/C11H14F2N2O2S.ClH/c12-9-4-1-5-10(11(9)13)18(16,17)15-6-2-3-8(14)7-15;/h1,4-5,8H,2-3,6-7,14H2;1H. The van der Waals surface area contributed by atoms with Crippen molar-refractivity contribution < 1.29 is 17.2 Å². The van der Waals surface area contributed by atoms with Crippen molar-refractivity contribution >= 4 is 22.4 Å². The molecule has 1 saturated heterocycles. The maximum Gasteiger partial charge on any atom is 0.246 e. The number of hydrogen-bond donors (Lipinski definition) is 1. The Morgan fingerprint density at radius 1 is 1.32 bits per heavy atom. The van der Waals surface area contributed by atoms with E-state index in [9.17, 15) is 17.2 Å². The van der Waals surface area contributed by atoms with Crippen LogP contribution in [0.25, 0.3) is 0 Å². The van der Waals surface area contributed by atoms with Gasteiger partial charge in [0.2, 0.25) is 10.0 Å². The van der Waals surface area contributed by atoms with E-state index in [0.29, 0.717) is 6.42 Å². The maximum absolute atomic E-state index is 13.5. The van der Waals surface area contributed by atoms with Crippen molar-refractivity contribution in [3.8, 4) is 0 Å². The zero-order valence-electron chi connectivity index (χ0n) is 10.1. The number of sulfonamides is 1. The lowest BCUT2D eigenvalue weighted by atomic mass is 10.1. The number of nitrogens with two attached hydrogens (primary N) is 1. The highest BCUT2D eigenvalue weighted by atomic mass is 35.5. The van der Waals surface area contributed by atoms with Crippen LogP contribution in [-0.2, 0) is 10.0 Å². The van der Waals surface area contributed by atoms with Crippen LogP contribution in [0.1, 0.15) is 12.8 Å². The normalized spacial score (nSPS) is 20.9. The zero-order valence-corrected chi connectivity index (χ0v) is 11.7. The van der Waals surface area contributed by atoms with E-state index in [1.807, 2.05) is 0 Å². The summed E-state index contributed by atoms with van der Waals surface area (Å²) >= 11 is 0. The average molecular weight is 313 g/mol. The Labute approximate surface area is 117 Å². The van der Waals surface area contributed by atoms with E-state index in [-0.39, 0.29) is 31.5 Å². The third kappa shape index (κ3) is 3.22. The summed E-state index contributed by atoms with van der Waals surface area (Å²) in [5.74, 6) is -2.51. The lowest BCUT2D eigenvalue weighted by Crippen LogP contribution is -2.45. The number of nitrogens with zero attached hydrogens (tertiary/aromatic N) is 1. The number of halogens is 3. The molecule has 1 aliphatic heterocycles. The molecule has 108 valence electrons. The van der Waals surface area contributed by atoms with Crippen molar-refractivity contribution in [1.29, 1.82) is 0 Å². The topological polar surface area (TPSA) is 63.4 Å².